The van der Waals surface area contributed by atoms with Crippen LogP contribution in [-0.4, -0.2) is 26.6 Å². The van der Waals surface area contributed by atoms with Crippen molar-refractivity contribution in [3.8, 4) is 5.75 Å². The van der Waals surface area contributed by atoms with E-state index in [2.05, 4.69) is 34.5 Å². The van der Waals surface area contributed by atoms with Crippen molar-refractivity contribution in [2.24, 2.45) is 0 Å². The largest absolute Gasteiger partial charge is 0.494 e. The highest BCUT2D eigenvalue weighted by Crippen LogP contribution is 2.18. The summed E-state index contributed by atoms with van der Waals surface area (Å²) in [5.74, 6) is 0.920. The molecular formula is C21H28N2O2. The number of benzene rings is 2. The smallest absolute Gasteiger partial charge is 0.220 e. The van der Waals surface area contributed by atoms with E-state index in [1.807, 2.05) is 52.2 Å². The summed E-state index contributed by atoms with van der Waals surface area (Å²) in [7, 11) is 4.04. The Morgan fingerprint density at radius 2 is 1.72 bits per heavy atom. The maximum atomic E-state index is 12.2. The summed E-state index contributed by atoms with van der Waals surface area (Å²) in [6.45, 7) is 4.62. The molecule has 1 unspecified atom stereocenters. The number of carbonyl (C=O) groups excluding carboxylic acids is 1. The predicted molar refractivity (Wildman–Crippen MR) is 103 cm³/mol. The van der Waals surface area contributed by atoms with E-state index in [4.69, 9.17) is 4.74 Å². The molecule has 4 nitrogen and oxygen atoms in total. The standard InChI is InChI=1S/C21H28N2O2/c1-5-25-20-13-9-18(10-14-20)16(2)22-21(24)15-8-17-6-11-19(12-7-17)23(3)4/h6-7,9-14,16H,5,8,15H2,1-4H3,(H,22,24). The van der Waals surface area contributed by atoms with Crippen LogP contribution in [0, 0.1) is 0 Å². The fraction of sp³-hybridized carbons (Fsp3) is 0.381. The van der Waals surface area contributed by atoms with Crippen molar-refractivity contribution in [1.82, 2.24) is 5.32 Å². The van der Waals surface area contributed by atoms with Crippen molar-refractivity contribution >= 4 is 11.6 Å². The minimum Gasteiger partial charge on any atom is -0.494 e. The summed E-state index contributed by atoms with van der Waals surface area (Å²) >= 11 is 0. The number of nitrogens with one attached hydrogen (secondary N) is 1. The second kappa shape index (κ2) is 9.11. The van der Waals surface area contributed by atoms with Crippen LogP contribution < -0.4 is 15.0 Å². The molecule has 2 aromatic rings. The minimum atomic E-state index is -0.0145. The maximum absolute atomic E-state index is 12.2. The minimum absolute atomic E-state index is 0.0145. The highest BCUT2D eigenvalue weighted by Gasteiger charge is 2.10. The lowest BCUT2D eigenvalue weighted by atomic mass is 10.1. The first-order valence-corrected chi connectivity index (χ1v) is 8.78. The van der Waals surface area contributed by atoms with Crippen LogP contribution in [0.3, 0.4) is 0 Å². The Bertz CT molecular complexity index is 663. The number of amides is 1. The molecule has 25 heavy (non-hydrogen) atoms. The molecule has 0 spiro atoms. The third-order valence-electron chi connectivity index (χ3n) is 4.16. The third kappa shape index (κ3) is 5.82. The van der Waals surface area contributed by atoms with Crippen molar-refractivity contribution in [3.63, 3.8) is 0 Å². The van der Waals surface area contributed by atoms with E-state index in [9.17, 15) is 4.79 Å². The average molecular weight is 340 g/mol. The molecule has 0 aliphatic carbocycles. The van der Waals surface area contributed by atoms with Crippen LogP contribution in [0.15, 0.2) is 48.5 Å². The number of hydrogen-bond donors (Lipinski definition) is 1. The van der Waals surface area contributed by atoms with Gasteiger partial charge in [0.2, 0.25) is 5.91 Å². The highest BCUT2D eigenvalue weighted by molar-refractivity contribution is 5.76. The van der Waals surface area contributed by atoms with Crippen molar-refractivity contribution in [2.75, 3.05) is 25.6 Å². The SMILES string of the molecule is CCOc1ccc(C(C)NC(=O)CCc2ccc(N(C)C)cc2)cc1. The van der Waals surface area contributed by atoms with E-state index in [0.717, 1.165) is 23.4 Å². The molecule has 2 aromatic carbocycles. The Balaban J connectivity index is 1.82. The first-order chi connectivity index (χ1) is 12.0. The van der Waals surface area contributed by atoms with Gasteiger partial charge in [0.05, 0.1) is 12.6 Å². The van der Waals surface area contributed by atoms with Crippen LogP contribution in [0.4, 0.5) is 5.69 Å². The van der Waals surface area contributed by atoms with Gasteiger partial charge >= 0.3 is 0 Å². The molecule has 0 radical (unpaired) electrons. The molecule has 0 heterocycles. The number of ether oxygens (including phenoxy) is 1. The number of aryl methyl sites for hydroxylation is 1. The Kier molecular flexibility index (Phi) is 6.87. The van der Waals surface area contributed by atoms with E-state index < -0.39 is 0 Å². The number of carbonyl (C=O) groups is 1. The predicted octanol–water partition coefficient (Wildman–Crippen LogP) is 3.96. The quantitative estimate of drug-likeness (QED) is 0.791. The van der Waals surface area contributed by atoms with Gasteiger partial charge in [0, 0.05) is 26.2 Å². The number of anilines is 1. The van der Waals surface area contributed by atoms with Gasteiger partial charge in [0.1, 0.15) is 5.75 Å². The van der Waals surface area contributed by atoms with Crippen LogP contribution in [-0.2, 0) is 11.2 Å². The zero-order valence-corrected chi connectivity index (χ0v) is 15.6. The summed E-state index contributed by atoms with van der Waals surface area (Å²) in [4.78, 5) is 14.3. The summed E-state index contributed by atoms with van der Waals surface area (Å²) in [6, 6.07) is 16.2. The lowest BCUT2D eigenvalue weighted by molar-refractivity contribution is -0.121. The summed E-state index contributed by atoms with van der Waals surface area (Å²) in [5.41, 5.74) is 3.42. The van der Waals surface area contributed by atoms with Gasteiger partial charge in [-0.05, 0) is 55.7 Å². The zero-order chi connectivity index (χ0) is 18.2. The molecule has 1 atom stereocenters. The van der Waals surface area contributed by atoms with E-state index in [1.54, 1.807) is 0 Å². The van der Waals surface area contributed by atoms with Crippen molar-refractivity contribution in [1.29, 1.82) is 0 Å². The average Bonchev–Trinajstić information content (AvgIpc) is 2.61. The zero-order valence-electron chi connectivity index (χ0n) is 15.6. The van der Waals surface area contributed by atoms with Gasteiger partial charge in [0.15, 0.2) is 0 Å². The van der Waals surface area contributed by atoms with Crippen molar-refractivity contribution < 1.29 is 9.53 Å². The van der Waals surface area contributed by atoms with Crippen LogP contribution in [0.5, 0.6) is 5.75 Å². The van der Waals surface area contributed by atoms with E-state index in [-0.39, 0.29) is 11.9 Å². The third-order valence-corrected chi connectivity index (χ3v) is 4.16. The molecule has 134 valence electrons. The molecule has 2 rings (SSSR count). The van der Waals surface area contributed by atoms with E-state index in [0.29, 0.717) is 13.0 Å². The van der Waals surface area contributed by atoms with Crippen LogP contribution >= 0.6 is 0 Å². The summed E-state index contributed by atoms with van der Waals surface area (Å²) < 4.78 is 5.44. The first kappa shape index (κ1) is 18.8. The van der Waals surface area contributed by atoms with Crippen LogP contribution in [0.2, 0.25) is 0 Å². The topological polar surface area (TPSA) is 41.6 Å². The van der Waals surface area contributed by atoms with Gasteiger partial charge in [-0.3, -0.25) is 4.79 Å². The molecular weight excluding hydrogens is 312 g/mol. The van der Waals surface area contributed by atoms with Gasteiger partial charge in [-0.1, -0.05) is 24.3 Å². The Labute approximate surface area is 150 Å². The van der Waals surface area contributed by atoms with Gasteiger partial charge in [-0.25, -0.2) is 0 Å². The Hall–Kier alpha value is -2.49. The molecule has 4 heteroatoms. The highest BCUT2D eigenvalue weighted by atomic mass is 16.5. The Morgan fingerprint density at radius 1 is 1.08 bits per heavy atom. The number of nitrogens with zero attached hydrogens (tertiary/aromatic N) is 1. The molecule has 0 saturated heterocycles. The van der Waals surface area contributed by atoms with E-state index in [1.165, 1.54) is 5.56 Å². The fourth-order valence-electron chi connectivity index (χ4n) is 2.64. The lowest BCUT2D eigenvalue weighted by Crippen LogP contribution is -2.26. The van der Waals surface area contributed by atoms with Gasteiger partial charge in [-0.2, -0.15) is 0 Å². The maximum Gasteiger partial charge on any atom is 0.220 e. The van der Waals surface area contributed by atoms with Gasteiger partial charge in [-0.15, -0.1) is 0 Å². The number of hydrogen-bond acceptors (Lipinski definition) is 3. The first-order valence-electron chi connectivity index (χ1n) is 8.78. The second-order valence-electron chi connectivity index (χ2n) is 6.35. The molecule has 0 aliphatic rings. The molecule has 0 fully saturated rings. The summed E-state index contributed by atoms with van der Waals surface area (Å²) in [5, 5.41) is 3.06. The van der Waals surface area contributed by atoms with Crippen LogP contribution in [0.25, 0.3) is 0 Å². The van der Waals surface area contributed by atoms with E-state index >= 15 is 0 Å². The molecule has 1 N–H and O–H groups in total. The molecule has 0 saturated carbocycles. The van der Waals surface area contributed by atoms with Crippen molar-refractivity contribution in [2.45, 2.75) is 32.7 Å². The molecule has 0 aromatic heterocycles. The molecule has 1 amide bonds. The Morgan fingerprint density at radius 3 is 2.28 bits per heavy atom. The van der Waals surface area contributed by atoms with Gasteiger partial charge < -0.3 is 15.0 Å². The van der Waals surface area contributed by atoms with Crippen LogP contribution in [0.1, 0.15) is 37.4 Å². The van der Waals surface area contributed by atoms with Crippen molar-refractivity contribution in [3.05, 3.63) is 59.7 Å². The number of rotatable bonds is 8. The van der Waals surface area contributed by atoms with Gasteiger partial charge in [0.25, 0.3) is 0 Å². The molecule has 0 bridgehead atoms. The normalized spacial score (nSPS) is 11.7. The molecule has 0 aliphatic heterocycles. The lowest BCUT2D eigenvalue weighted by Gasteiger charge is -2.15. The second-order valence-corrected chi connectivity index (χ2v) is 6.35. The fourth-order valence-corrected chi connectivity index (χ4v) is 2.64. The monoisotopic (exact) mass is 340 g/mol. The summed E-state index contributed by atoms with van der Waals surface area (Å²) in [6.07, 6.45) is 1.23.